The first kappa shape index (κ1) is 12.0. The maximum Gasteiger partial charge on any atom is 0.115 e. The first-order chi connectivity index (χ1) is 6.20. The largest absolute Gasteiger partial charge is 0.508 e. The van der Waals surface area contributed by atoms with E-state index in [0.29, 0.717) is 5.75 Å². The van der Waals surface area contributed by atoms with Crippen LogP contribution in [0.4, 0.5) is 0 Å². The van der Waals surface area contributed by atoms with Crippen molar-refractivity contribution in [3.05, 3.63) is 29.8 Å². The van der Waals surface area contributed by atoms with Crippen LogP contribution in [-0.2, 0) is 0 Å². The molecule has 0 unspecified atom stereocenters. The van der Waals surface area contributed by atoms with Gasteiger partial charge in [-0.25, -0.2) is 0 Å². The standard InChI is InChI=1S/C7H8O.C4H11N/c1-6-2-4-7(8)5-3-6;1-2-3-4-5/h2-5,8H,1H3;2-5H2,1H3. The number of rotatable bonds is 2. The average Bonchev–Trinajstić information content (AvgIpc) is 2.13. The smallest absolute Gasteiger partial charge is 0.115 e. The van der Waals surface area contributed by atoms with Crippen molar-refractivity contribution in [1.29, 1.82) is 0 Å². The SMILES string of the molecule is CCCCN.Cc1ccc(O)cc1. The van der Waals surface area contributed by atoms with Gasteiger partial charge in [0.05, 0.1) is 0 Å². The van der Waals surface area contributed by atoms with E-state index in [-0.39, 0.29) is 0 Å². The van der Waals surface area contributed by atoms with Crippen LogP contribution in [0.1, 0.15) is 25.3 Å². The highest BCUT2D eigenvalue weighted by Gasteiger charge is 1.82. The molecule has 3 N–H and O–H groups in total. The van der Waals surface area contributed by atoms with Crippen molar-refractivity contribution in [3.8, 4) is 5.75 Å². The van der Waals surface area contributed by atoms with Gasteiger partial charge in [0, 0.05) is 0 Å². The molecule has 2 heteroatoms. The Hall–Kier alpha value is -1.02. The van der Waals surface area contributed by atoms with Crippen molar-refractivity contribution in [1.82, 2.24) is 0 Å². The zero-order valence-electron chi connectivity index (χ0n) is 8.46. The highest BCUT2D eigenvalue weighted by molar-refractivity contribution is 5.24. The Labute approximate surface area is 80.4 Å². The van der Waals surface area contributed by atoms with Crippen LogP contribution >= 0.6 is 0 Å². The Morgan fingerprint density at radius 1 is 1.23 bits per heavy atom. The monoisotopic (exact) mass is 181 g/mol. The van der Waals surface area contributed by atoms with Crippen molar-refractivity contribution < 1.29 is 5.11 Å². The summed E-state index contributed by atoms with van der Waals surface area (Å²) in [5, 5.41) is 8.76. The molecule has 1 aromatic rings. The minimum absolute atomic E-state index is 0.329. The third kappa shape index (κ3) is 7.34. The van der Waals surface area contributed by atoms with Gasteiger partial charge in [-0.3, -0.25) is 0 Å². The van der Waals surface area contributed by atoms with Crippen LogP contribution in [0.5, 0.6) is 5.75 Å². The maximum atomic E-state index is 8.76. The van der Waals surface area contributed by atoms with E-state index in [1.165, 1.54) is 18.4 Å². The number of phenolic OH excluding ortho intramolecular Hbond substituents is 1. The van der Waals surface area contributed by atoms with Crippen molar-refractivity contribution in [2.75, 3.05) is 6.54 Å². The highest BCUT2D eigenvalue weighted by Crippen LogP contribution is 2.07. The number of aromatic hydroxyl groups is 1. The van der Waals surface area contributed by atoms with Crippen molar-refractivity contribution >= 4 is 0 Å². The van der Waals surface area contributed by atoms with E-state index in [2.05, 4.69) is 6.92 Å². The lowest BCUT2D eigenvalue weighted by Gasteiger charge is -1.89. The van der Waals surface area contributed by atoms with E-state index in [1.807, 2.05) is 19.1 Å². The molecule has 1 aromatic carbocycles. The maximum absolute atomic E-state index is 8.76. The van der Waals surface area contributed by atoms with Gasteiger partial charge in [0.1, 0.15) is 5.75 Å². The van der Waals surface area contributed by atoms with Crippen molar-refractivity contribution in [3.63, 3.8) is 0 Å². The Morgan fingerprint density at radius 3 is 2.00 bits per heavy atom. The summed E-state index contributed by atoms with van der Waals surface area (Å²) in [6.45, 7) is 4.96. The molecule has 0 aromatic heterocycles. The highest BCUT2D eigenvalue weighted by atomic mass is 16.3. The molecule has 0 amide bonds. The summed E-state index contributed by atoms with van der Waals surface area (Å²) in [6, 6.07) is 7.09. The fraction of sp³-hybridized carbons (Fsp3) is 0.455. The fourth-order valence-corrected chi connectivity index (χ4v) is 0.749. The van der Waals surface area contributed by atoms with E-state index >= 15 is 0 Å². The molecule has 0 radical (unpaired) electrons. The molecular formula is C11H19NO. The topological polar surface area (TPSA) is 46.2 Å². The van der Waals surface area contributed by atoms with Gasteiger partial charge in [-0.05, 0) is 32.0 Å². The fourth-order valence-electron chi connectivity index (χ4n) is 0.749. The molecule has 2 nitrogen and oxygen atoms in total. The van der Waals surface area contributed by atoms with Crippen molar-refractivity contribution in [2.24, 2.45) is 5.73 Å². The van der Waals surface area contributed by atoms with E-state index < -0.39 is 0 Å². The molecule has 0 spiro atoms. The van der Waals surface area contributed by atoms with Crippen LogP contribution in [-0.4, -0.2) is 11.7 Å². The summed E-state index contributed by atoms with van der Waals surface area (Å²) in [6.07, 6.45) is 2.39. The Morgan fingerprint density at radius 2 is 1.77 bits per heavy atom. The lowest BCUT2D eigenvalue weighted by atomic mass is 10.2. The van der Waals surface area contributed by atoms with Crippen molar-refractivity contribution in [2.45, 2.75) is 26.7 Å². The minimum Gasteiger partial charge on any atom is -0.508 e. The van der Waals surface area contributed by atoms with Crippen LogP contribution in [0.15, 0.2) is 24.3 Å². The van der Waals surface area contributed by atoms with Crippen LogP contribution in [0.25, 0.3) is 0 Å². The number of aryl methyl sites for hydroxylation is 1. The van der Waals surface area contributed by atoms with E-state index in [0.717, 1.165) is 6.54 Å². The van der Waals surface area contributed by atoms with E-state index in [4.69, 9.17) is 10.8 Å². The Bertz CT molecular complexity index is 183. The van der Waals surface area contributed by atoms with Crippen LogP contribution in [0.3, 0.4) is 0 Å². The number of benzene rings is 1. The molecular weight excluding hydrogens is 162 g/mol. The molecule has 0 aliphatic rings. The Balaban J connectivity index is 0.000000252. The molecule has 0 aliphatic heterocycles. The third-order valence-electron chi connectivity index (χ3n) is 1.59. The van der Waals surface area contributed by atoms with Gasteiger partial charge in [-0.2, -0.15) is 0 Å². The number of nitrogens with two attached hydrogens (primary N) is 1. The zero-order chi connectivity index (χ0) is 10.1. The quantitative estimate of drug-likeness (QED) is 0.736. The molecule has 0 bridgehead atoms. The third-order valence-corrected chi connectivity index (χ3v) is 1.59. The molecule has 0 fully saturated rings. The number of hydrogen-bond donors (Lipinski definition) is 2. The summed E-state index contributed by atoms with van der Waals surface area (Å²) < 4.78 is 0. The average molecular weight is 181 g/mol. The molecule has 0 aliphatic carbocycles. The number of unbranched alkanes of at least 4 members (excludes halogenated alkanes) is 1. The van der Waals surface area contributed by atoms with Crippen LogP contribution in [0, 0.1) is 6.92 Å². The summed E-state index contributed by atoms with van der Waals surface area (Å²) in [4.78, 5) is 0. The second-order valence-electron chi connectivity index (χ2n) is 2.98. The van der Waals surface area contributed by atoms with Gasteiger partial charge >= 0.3 is 0 Å². The zero-order valence-corrected chi connectivity index (χ0v) is 8.46. The van der Waals surface area contributed by atoms with Gasteiger partial charge in [0.2, 0.25) is 0 Å². The molecule has 0 heterocycles. The van der Waals surface area contributed by atoms with E-state index in [9.17, 15) is 0 Å². The number of phenols is 1. The summed E-state index contributed by atoms with van der Waals surface area (Å²) in [5.41, 5.74) is 6.31. The normalized spacial score (nSPS) is 8.85. The summed E-state index contributed by atoms with van der Waals surface area (Å²) >= 11 is 0. The second kappa shape index (κ2) is 7.62. The molecule has 74 valence electrons. The van der Waals surface area contributed by atoms with Gasteiger partial charge in [0.25, 0.3) is 0 Å². The molecule has 13 heavy (non-hydrogen) atoms. The molecule has 0 saturated heterocycles. The molecule has 0 atom stereocenters. The first-order valence-electron chi connectivity index (χ1n) is 4.66. The molecule has 1 rings (SSSR count). The van der Waals surface area contributed by atoms with Gasteiger partial charge in [-0.1, -0.05) is 31.0 Å². The predicted molar refractivity (Wildman–Crippen MR) is 56.8 cm³/mol. The van der Waals surface area contributed by atoms with E-state index in [1.54, 1.807) is 12.1 Å². The lowest BCUT2D eigenvalue weighted by Crippen LogP contribution is -1.95. The van der Waals surface area contributed by atoms with Crippen LogP contribution in [0.2, 0.25) is 0 Å². The molecule has 0 saturated carbocycles. The lowest BCUT2D eigenvalue weighted by molar-refractivity contribution is 0.475. The minimum atomic E-state index is 0.329. The number of hydrogen-bond acceptors (Lipinski definition) is 2. The predicted octanol–water partition coefficient (Wildman–Crippen LogP) is 2.45. The van der Waals surface area contributed by atoms with Gasteiger partial charge in [-0.15, -0.1) is 0 Å². The van der Waals surface area contributed by atoms with Gasteiger partial charge < -0.3 is 10.8 Å². The second-order valence-corrected chi connectivity index (χ2v) is 2.98. The summed E-state index contributed by atoms with van der Waals surface area (Å²) in [7, 11) is 0. The summed E-state index contributed by atoms with van der Waals surface area (Å²) in [5.74, 6) is 0.329. The first-order valence-corrected chi connectivity index (χ1v) is 4.66. The van der Waals surface area contributed by atoms with Crippen LogP contribution < -0.4 is 5.73 Å². The Kier molecular flexibility index (Phi) is 7.02. The van der Waals surface area contributed by atoms with Gasteiger partial charge in [0.15, 0.2) is 0 Å².